The number of hydrogen-bond acceptors (Lipinski definition) is 6. The van der Waals surface area contributed by atoms with Crippen LogP contribution in [0.3, 0.4) is 0 Å². The molecule has 0 bridgehead atoms. The second-order valence-corrected chi connectivity index (χ2v) is 9.52. The van der Waals surface area contributed by atoms with Gasteiger partial charge in [0.2, 0.25) is 11.8 Å². The van der Waals surface area contributed by atoms with Gasteiger partial charge in [-0.1, -0.05) is 13.8 Å². The minimum Gasteiger partial charge on any atom is -0.456 e. The first kappa shape index (κ1) is 21.4. The van der Waals surface area contributed by atoms with Crippen molar-refractivity contribution in [2.45, 2.75) is 50.9 Å². The summed E-state index contributed by atoms with van der Waals surface area (Å²) in [6.07, 6.45) is 1.58. The Morgan fingerprint density at radius 3 is 2.62 bits per heavy atom. The van der Waals surface area contributed by atoms with E-state index >= 15 is 0 Å². The summed E-state index contributed by atoms with van der Waals surface area (Å²) in [5.41, 5.74) is 1.00. The summed E-state index contributed by atoms with van der Waals surface area (Å²) in [6.45, 7) is 5.51. The molecule has 2 saturated heterocycles. The standard InChI is InChI=1S/C21H26N2O5S/c1-13(2)10-18(25)22-15-6-4-14(5-7-15)17(24)11-28-20(27)16-12-29-21(3)9-8-19(26)23(16)21/h4-7,13,16H,8-12H2,1-3H3,(H,22,25)/t16-,21+/m0/s1. The molecule has 7 nitrogen and oxygen atoms in total. The van der Waals surface area contributed by atoms with E-state index in [1.54, 1.807) is 40.9 Å². The third-order valence-corrected chi connectivity index (χ3v) is 6.65. The highest BCUT2D eigenvalue weighted by Crippen LogP contribution is 2.47. The summed E-state index contributed by atoms with van der Waals surface area (Å²) >= 11 is 1.58. The molecule has 0 aromatic heterocycles. The zero-order valence-corrected chi connectivity index (χ0v) is 17.7. The average Bonchev–Trinajstić information content (AvgIpc) is 3.15. The number of ether oxygens (including phenoxy) is 1. The predicted octanol–water partition coefficient (Wildman–Crippen LogP) is 2.85. The number of fused-ring (bicyclic) bond motifs is 1. The van der Waals surface area contributed by atoms with Crippen molar-refractivity contribution in [3.8, 4) is 0 Å². The third kappa shape index (κ3) is 4.80. The summed E-state index contributed by atoms with van der Waals surface area (Å²) in [5.74, 6) is -0.244. The van der Waals surface area contributed by atoms with Gasteiger partial charge in [0.15, 0.2) is 12.4 Å². The SMILES string of the molecule is CC(C)CC(=O)Nc1ccc(C(=O)COC(=O)[C@@H]2CS[C@]3(C)CCC(=O)N23)cc1. The Balaban J connectivity index is 1.52. The Morgan fingerprint density at radius 1 is 1.28 bits per heavy atom. The first-order valence-corrected chi connectivity index (χ1v) is 10.7. The second kappa shape index (κ2) is 8.57. The van der Waals surface area contributed by atoms with Gasteiger partial charge < -0.3 is 15.0 Å². The number of anilines is 1. The molecular weight excluding hydrogens is 392 g/mol. The van der Waals surface area contributed by atoms with Crippen LogP contribution in [0, 0.1) is 5.92 Å². The molecule has 2 fully saturated rings. The van der Waals surface area contributed by atoms with Crippen LogP contribution in [0.4, 0.5) is 5.69 Å². The smallest absolute Gasteiger partial charge is 0.330 e. The highest BCUT2D eigenvalue weighted by atomic mass is 32.2. The molecule has 0 unspecified atom stereocenters. The van der Waals surface area contributed by atoms with Crippen LogP contribution in [-0.2, 0) is 19.1 Å². The number of nitrogens with one attached hydrogen (secondary N) is 1. The predicted molar refractivity (Wildman–Crippen MR) is 111 cm³/mol. The summed E-state index contributed by atoms with van der Waals surface area (Å²) in [5, 5.41) is 2.78. The molecule has 1 aromatic carbocycles. The molecule has 0 spiro atoms. The number of nitrogens with zero attached hydrogens (tertiary/aromatic N) is 1. The normalized spacial score (nSPS) is 23.2. The Morgan fingerprint density at radius 2 is 1.97 bits per heavy atom. The van der Waals surface area contributed by atoms with E-state index in [1.165, 1.54) is 0 Å². The first-order valence-electron chi connectivity index (χ1n) is 9.75. The zero-order chi connectivity index (χ0) is 21.2. The molecule has 1 aromatic rings. The fourth-order valence-corrected chi connectivity index (χ4v) is 5.05. The monoisotopic (exact) mass is 418 g/mol. The van der Waals surface area contributed by atoms with Gasteiger partial charge in [-0.2, -0.15) is 0 Å². The summed E-state index contributed by atoms with van der Waals surface area (Å²) in [7, 11) is 0. The molecule has 2 atom stereocenters. The number of rotatable bonds is 7. The Hall–Kier alpha value is -2.35. The number of carbonyl (C=O) groups excluding carboxylic acids is 4. The second-order valence-electron chi connectivity index (χ2n) is 8.02. The van der Waals surface area contributed by atoms with E-state index in [4.69, 9.17) is 4.74 Å². The molecular formula is C21H26N2O5S. The minimum absolute atomic E-state index is 0.0409. The number of hydrogen-bond donors (Lipinski definition) is 1. The van der Waals surface area contributed by atoms with E-state index in [0.29, 0.717) is 29.8 Å². The fourth-order valence-electron chi connectivity index (χ4n) is 3.63. The van der Waals surface area contributed by atoms with Crippen molar-refractivity contribution in [2.75, 3.05) is 17.7 Å². The number of amides is 2. The Kier molecular flexibility index (Phi) is 6.31. The van der Waals surface area contributed by atoms with Crippen LogP contribution >= 0.6 is 11.8 Å². The highest BCUT2D eigenvalue weighted by Gasteiger charge is 2.53. The van der Waals surface area contributed by atoms with Gasteiger partial charge >= 0.3 is 5.97 Å². The van der Waals surface area contributed by atoms with Gasteiger partial charge in [0.1, 0.15) is 6.04 Å². The topological polar surface area (TPSA) is 92.8 Å². The van der Waals surface area contributed by atoms with E-state index in [0.717, 1.165) is 6.42 Å². The number of Topliss-reactive ketones (excluding diaryl/α,β-unsaturated/α-hetero) is 1. The summed E-state index contributed by atoms with van der Waals surface area (Å²) < 4.78 is 5.22. The van der Waals surface area contributed by atoms with Crippen LogP contribution in [0.25, 0.3) is 0 Å². The average molecular weight is 419 g/mol. The molecule has 0 radical (unpaired) electrons. The Labute approximate surface area is 174 Å². The molecule has 2 heterocycles. The molecule has 0 aliphatic carbocycles. The maximum atomic E-state index is 12.4. The van der Waals surface area contributed by atoms with E-state index < -0.39 is 12.0 Å². The van der Waals surface area contributed by atoms with Crippen molar-refractivity contribution in [1.29, 1.82) is 0 Å². The molecule has 2 aliphatic rings. The van der Waals surface area contributed by atoms with Crippen molar-refractivity contribution < 1.29 is 23.9 Å². The molecule has 156 valence electrons. The molecule has 0 saturated carbocycles. The van der Waals surface area contributed by atoms with Crippen LogP contribution in [-0.4, -0.2) is 51.7 Å². The number of thioether (sulfide) groups is 1. The molecule has 29 heavy (non-hydrogen) atoms. The highest BCUT2D eigenvalue weighted by molar-refractivity contribution is 8.01. The molecule has 8 heteroatoms. The van der Waals surface area contributed by atoms with Crippen LogP contribution in [0.5, 0.6) is 0 Å². The Bertz CT molecular complexity index is 823. The molecule has 1 N–H and O–H groups in total. The fraction of sp³-hybridized carbons (Fsp3) is 0.524. The lowest BCUT2D eigenvalue weighted by Gasteiger charge is -2.29. The summed E-state index contributed by atoms with van der Waals surface area (Å²) in [6, 6.07) is 5.84. The van der Waals surface area contributed by atoms with Crippen molar-refractivity contribution >= 4 is 41.0 Å². The number of benzene rings is 1. The quantitative estimate of drug-likeness (QED) is 0.541. The minimum atomic E-state index is -0.633. The van der Waals surface area contributed by atoms with Crippen LogP contribution in [0.2, 0.25) is 0 Å². The van der Waals surface area contributed by atoms with Crippen molar-refractivity contribution in [1.82, 2.24) is 4.90 Å². The van der Waals surface area contributed by atoms with Crippen LogP contribution in [0.15, 0.2) is 24.3 Å². The van der Waals surface area contributed by atoms with Crippen molar-refractivity contribution in [2.24, 2.45) is 5.92 Å². The maximum absolute atomic E-state index is 12.4. The van der Waals surface area contributed by atoms with Crippen LogP contribution < -0.4 is 5.32 Å². The lowest BCUT2D eigenvalue weighted by molar-refractivity contribution is -0.152. The molecule has 3 rings (SSSR count). The number of carbonyl (C=O) groups is 4. The largest absolute Gasteiger partial charge is 0.456 e. The van der Waals surface area contributed by atoms with E-state index in [1.807, 2.05) is 20.8 Å². The van der Waals surface area contributed by atoms with Crippen molar-refractivity contribution in [3.63, 3.8) is 0 Å². The molecule has 2 amide bonds. The number of esters is 1. The van der Waals surface area contributed by atoms with Gasteiger partial charge in [0, 0.05) is 29.8 Å². The van der Waals surface area contributed by atoms with Gasteiger partial charge in [-0.15, -0.1) is 11.8 Å². The van der Waals surface area contributed by atoms with Crippen LogP contribution in [0.1, 0.15) is 50.4 Å². The first-order chi connectivity index (χ1) is 13.7. The maximum Gasteiger partial charge on any atom is 0.330 e. The summed E-state index contributed by atoms with van der Waals surface area (Å²) in [4.78, 5) is 50.0. The number of ketones is 1. The van der Waals surface area contributed by atoms with E-state index in [-0.39, 0.29) is 35.0 Å². The third-order valence-electron chi connectivity index (χ3n) is 5.15. The van der Waals surface area contributed by atoms with Gasteiger partial charge in [-0.05, 0) is 43.5 Å². The van der Waals surface area contributed by atoms with E-state index in [2.05, 4.69) is 5.32 Å². The lowest BCUT2D eigenvalue weighted by Crippen LogP contribution is -2.46. The van der Waals surface area contributed by atoms with Gasteiger partial charge in [-0.3, -0.25) is 14.4 Å². The van der Waals surface area contributed by atoms with Gasteiger partial charge in [0.05, 0.1) is 4.87 Å². The molecule has 2 aliphatic heterocycles. The van der Waals surface area contributed by atoms with Crippen molar-refractivity contribution in [3.05, 3.63) is 29.8 Å². The van der Waals surface area contributed by atoms with Gasteiger partial charge in [0.25, 0.3) is 0 Å². The zero-order valence-electron chi connectivity index (χ0n) is 16.9. The lowest BCUT2D eigenvalue weighted by atomic mass is 10.1. The van der Waals surface area contributed by atoms with Gasteiger partial charge in [-0.25, -0.2) is 4.79 Å². The van der Waals surface area contributed by atoms with E-state index in [9.17, 15) is 19.2 Å².